The zero-order valence-electron chi connectivity index (χ0n) is 14.1. The molecule has 0 bridgehead atoms. The Labute approximate surface area is 136 Å². The number of hydrogen-bond acceptors (Lipinski definition) is 6. The standard InChI is InChI=1S/C16H27NO6/c1-4-7-11(18)10-14(19)17-12(15(20)22-5-2)8-9-13(17)16(21)23-6-3/h11-13,18H,4-10H2,1-3H3. The summed E-state index contributed by atoms with van der Waals surface area (Å²) in [6, 6.07) is -1.57. The maximum atomic E-state index is 12.5. The maximum Gasteiger partial charge on any atom is 0.328 e. The number of rotatable bonds is 8. The third-order valence-corrected chi connectivity index (χ3v) is 3.82. The second-order valence-corrected chi connectivity index (χ2v) is 5.56. The van der Waals surface area contributed by atoms with Crippen LogP contribution in [0.15, 0.2) is 0 Å². The second-order valence-electron chi connectivity index (χ2n) is 5.56. The Morgan fingerprint density at radius 2 is 1.52 bits per heavy atom. The van der Waals surface area contributed by atoms with Crippen LogP contribution >= 0.6 is 0 Å². The van der Waals surface area contributed by atoms with E-state index in [1.54, 1.807) is 13.8 Å². The molecule has 132 valence electrons. The molecule has 0 aromatic carbocycles. The highest BCUT2D eigenvalue weighted by Gasteiger charge is 2.45. The van der Waals surface area contributed by atoms with Gasteiger partial charge in [-0.3, -0.25) is 4.79 Å². The van der Waals surface area contributed by atoms with Crippen molar-refractivity contribution < 1.29 is 29.0 Å². The minimum atomic E-state index is -0.786. The fraction of sp³-hybridized carbons (Fsp3) is 0.812. The maximum absolute atomic E-state index is 12.5. The summed E-state index contributed by atoms with van der Waals surface area (Å²) in [5.74, 6) is -1.45. The first-order valence-corrected chi connectivity index (χ1v) is 8.28. The van der Waals surface area contributed by atoms with Gasteiger partial charge in [0.25, 0.3) is 0 Å². The lowest BCUT2D eigenvalue weighted by Gasteiger charge is -2.28. The van der Waals surface area contributed by atoms with E-state index in [0.717, 1.165) is 6.42 Å². The van der Waals surface area contributed by atoms with Crippen LogP contribution in [0.1, 0.15) is 52.9 Å². The fourth-order valence-electron chi connectivity index (χ4n) is 2.84. The molecule has 3 unspecified atom stereocenters. The molecule has 0 aliphatic carbocycles. The van der Waals surface area contributed by atoms with Crippen molar-refractivity contribution in [1.29, 1.82) is 0 Å². The van der Waals surface area contributed by atoms with Crippen molar-refractivity contribution in [2.45, 2.75) is 71.1 Å². The number of esters is 2. The number of hydrogen-bond donors (Lipinski definition) is 1. The lowest BCUT2D eigenvalue weighted by molar-refractivity contribution is -0.160. The van der Waals surface area contributed by atoms with Crippen LogP contribution in [0, 0.1) is 0 Å². The Hall–Kier alpha value is -1.63. The molecule has 7 nitrogen and oxygen atoms in total. The molecular weight excluding hydrogens is 302 g/mol. The molecule has 1 amide bonds. The van der Waals surface area contributed by atoms with E-state index < -0.39 is 36.0 Å². The Morgan fingerprint density at radius 3 is 1.91 bits per heavy atom. The lowest BCUT2D eigenvalue weighted by Crippen LogP contribution is -2.49. The van der Waals surface area contributed by atoms with Gasteiger partial charge in [-0.25, -0.2) is 9.59 Å². The number of aliphatic hydroxyl groups excluding tert-OH is 1. The van der Waals surface area contributed by atoms with Gasteiger partial charge >= 0.3 is 11.9 Å². The minimum Gasteiger partial charge on any atom is -0.464 e. The van der Waals surface area contributed by atoms with Crippen molar-refractivity contribution in [2.24, 2.45) is 0 Å². The molecule has 1 saturated heterocycles. The van der Waals surface area contributed by atoms with E-state index in [4.69, 9.17) is 9.47 Å². The van der Waals surface area contributed by atoms with E-state index in [0.29, 0.717) is 19.3 Å². The number of aliphatic hydroxyl groups is 1. The van der Waals surface area contributed by atoms with Crippen LogP contribution in [0.5, 0.6) is 0 Å². The molecule has 0 aromatic rings. The van der Waals surface area contributed by atoms with Gasteiger partial charge < -0.3 is 19.5 Å². The van der Waals surface area contributed by atoms with Crippen LogP contribution in [-0.2, 0) is 23.9 Å². The Balaban J connectivity index is 2.90. The second kappa shape index (κ2) is 9.50. The van der Waals surface area contributed by atoms with Crippen molar-refractivity contribution in [3.05, 3.63) is 0 Å². The van der Waals surface area contributed by atoms with Gasteiger partial charge in [0.05, 0.1) is 25.7 Å². The van der Waals surface area contributed by atoms with E-state index >= 15 is 0 Å². The fourth-order valence-corrected chi connectivity index (χ4v) is 2.84. The van der Waals surface area contributed by atoms with Crippen molar-refractivity contribution in [1.82, 2.24) is 4.90 Å². The number of ether oxygens (including phenoxy) is 2. The van der Waals surface area contributed by atoms with Gasteiger partial charge in [0, 0.05) is 0 Å². The smallest absolute Gasteiger partial charge is 0.328 e. The topological polar surface area (TPSA) is 93.1 Å². The SMILES string of the molecule is CCCC(O)CC(=O)N1C(C(=O)OCC)CCC1C(=O)OCC. The summed E-state index contributed by atoms with van der Waals surface area (Å²) >= 11 is 0. The number of likely N-dealkylation sites (tertiary alicyclic amines) is 1. The molecule has 1 fully saturated rings. The molecule has 0 radical (unpaired) electrons. The van der Waals surface area contributed by atoms with Gasteiger partial charge in [0.2, 0.25) is 5.91 Å². The minimum absolute atomic E-state index is 0.111. The molecule has 3 atom stereocenters. The van der Waals surface area contributed by atoms with Gasteiger partial charge in [-0.05, 0) is 33.1 Å². The average molecular weight is 329 g/mol. The largest absolute Gasteiger partial charge is 0.464 e. The van der Waals surface area contributed by atoms with Crippen LogP contribution in [0.2, 0.25) is 0 Å². The summed E-state index contributed by atoms with van der Waals surface area (Å²) in [4.78, 5) is 37.9. The summed E-state index contributed by atoms with van der Waals surface area (Å²) in [5, 5.41) is 9.86. The predicted octanol–water partition coefficient (Wildman–Crippen LogP) is 1.02. The summed E-state index contributed by atoms with van der Waals surface area (Å²) < 4.78 is 10.00. The molecule has 0 spiro atoms. The average Bonchev–Trinajstić information content (AvgIpc) is 2.93. The van der Waals surface area contributed by atoms with Crippen LogP contribution in [-0.4, -0.2) is 59.3 Å². The van der Waals surface area contributed by atoms with Gasteiger partial charge in [0.15, 0.2) is 0 Å². The molecule has 1 rings (SSSR count). The Morgan fingerprint density at radius 1 is 1.04 bits per heavy atom. The quantitative estimate of drug-likeness (QED) is 0.668. The van der Waals surface area contributed by atoms with Gasteiger partial charge in [-0.15, -0.1) is 0 Å². The first-order chi connectivity index (χ1) is 11.0. The van der Waals surface area contributed by atoms with E-state index in [9.17, 15) is 19.5 Å². The Bertz CT molecular complexity index is 399. The summed E-state index contributed by atoms with van der Waals surface area (Å²) in [5.41, 5.74) is 0. The van der Waals surface area contributed by atoms with Crippen molar-refractivity contribution >= 4 is 17.8 Å². The van der Waals surface area contributed by atoms with E-state index in [1.165, 1.54) is 4.90 Å². The van der Waals surface area contributed by atoms with Crippen LogP contribution in [0.4, 0.5) is 0 Å². The number of carbonyl (C=O) groups excluding carboxylic acids is 3. The number of amides is 1. The highest BCUT2D eigenvalue weighted by Crippen LogP contribution is 2.27. The molecule has 1 aliphatic heterocycles. The third kappa shape index (κ3) is 5.20. The number of carbonyl (C=O) groups is 3. The molecule has 1 N–H and O–H groups in total. The normalized spacial score (nSPS) is 21.8. The first-order valence-electron chi connectivity index (χ1n) is 8.28. The molecule has 0 aromatic heterocycles. The monoisotopic (exact) mass is 329 g/mol. The van der Waals surface area contributed by atoms with Crippen LogP contribution in [0.3, 0.4) is 0 Å². The predicted molar refractivity (Wildman–Crippen MR) is 82.5 cm³/mol. The highest BCUT2D eigenvalue weighted by molar-refractivity contribution is 5.90. The molecule has 7 heteroatoms. The van der Waals surface area contributed by atoms with E-state index in [2.05, 4.69) is 0 Å². The lowest BCUT2D eigenvalue weighted by atomic mass is 10.1. The molecule has 1 aliphatic rings. The molecule has 0 saturated carbocycles. The van der Waals surface area contributed by atoms with Gasteiger partial charge in [0.1, 0.15) is 12.1 Å². The van der Waals surface area contributed by atoms with Crippen LogP contribution in [0.25, 0.3) is 0 Å². The highest BCUT2D eigenvalue weighted by atomic mass is 16.5. The van der Waals surface area contributed by atoms with Crippen molar-refractivity contribution in [2.75, 3.05) is 13.2 Å². The van der Waals surface area contributed by atoms with Crippen molar-refractivity contribution in [3.8, 4) is 0 Å². The third-order valence-electron chi connectivity index (χ3n) is 3.82. The van der Waals surface area contributed by atoms with E-state index in [-0.39, 0.29) is 19.6 Å². The van der Waals surface area contributed by atoms with E-state index in [1.807, 2.05) is 6.92 Å². The summed E-state index contributed by atoms with van der Waals surface area (Å²) in [6.07, 6.45) is 1.07. The molecule has 1 heterocycles. The van der Waals surface area contributed by atoms with Gasteiger partial charge in [-0.1, -0.05) is 13.3 Å². The van der Waals surface area contributed by atoms with Crippen molar-refractivity contribution in [3.63, 3.8) is 0 Å². The van der Waals surface area contributed by atoms with Gasteiger partial charge in [-0.2, -0.15) is 0 Å². The zero-order valence-corrected chi connectivity index (χ0v) is 14.1. The summed E-state index contributed by atoms with van der Waals surface area (Å²) in [7, 11) is 0. The first kappa shape index (κ1) is 19.4. The molecular formula is C16H27NO6. The van der Waals surface area contributed by atoms with Crippen LogP contribution < -0.4 is 0 Å². The number of nitrogens with zero attached hydrogens (tertiary/aromatic N) is 1. The Kier molecular flexibility index (Phi) is 8.02. The summed E-state index contributed by atoms with van der Waals surface area (Å²) in [6.45, 7) is 5.70. The zero-order chi connectivity index (χ0) is 17.4. The molecule has 23 heavy (non-hydrogen) atoms.